The minimum absolute atomic E-state index is 0.386. The van der Waals surface area contributed by atoms with Crippen molar-refractivity contribution in [3.8, 4) is 0 Å². The monoisotopic (exact) mass is 316 g/mol. The molecule has 2 unspecified atom stereocenters. The molecule has 0 fully saturated rings. The molecule has 2 aromatic heterocycles. The average Bonchev–Trinajstić information content (AvgIpc) is 3.07. The first-order valence-corrected chi connectivity index (χ1v) is 7.77. The zero-order chi connectivity index (χ0) is 16.4. The van der Waals surface area contributed by atoms with Crippen LogP contribution in [0.4, 0.5) is 0 Å². The molecule has 5 heteroatoms. The average molecular weight is 316 g/mol. The number of aromatic nitrogens is 4. The minimum atomic E-state index is -0.751. The number of pyridine rings is 1. The van der Waals surface area contributed by atoms with Gasteiger partial charge in [0.2, 0.25) is 0 Å². The van der Waals surface area contributed by atoms with Crippen LogP contribution < -0.4 is 0 Å². The highest BCUT2D eigenvalue weighted by atomic mass is 16.3. The summed E-state index contributed by atoms with van der Waals surface area (Å²) in [7, 11) is 0. The Labute approximate surface area is 139 Å². The van der Waals surface area contributed by atoms with E-state index in [2.05, 4.69) is 15.3 Å². The van der Waals surface area contributed by atoms with E-state index >= 15 is 0 Å². The highest BCUT2D eigenvalue weighted by Gasteiger charge is 2.27. The van der Waals surface area contributed by atoms with Crippen molar-refractivity contribution in [2.45, 2.75) is 12.1 Å². The fraction of sp³-hybridized carbons (Fsp3) is 0.105. The summed E-state index contributed by atoms with van der Waals surface area (Å²) in [5.74, 6) is 0. The Bertz CT molecular complexity index is 937. The third kappa shape index (κ3) is 2.55. The topological polar surface area (TPSA) is 63.8 Å². The van der Waals surface area contributed by atoms with Crippen LogP contribution in [0.5, 0.6) is 0 Å². The molecule has 0 bridgehead atoms. The van der Waals surface area contributed by atoms with Crippen molar-refractivity contribution in [1.29, 1.82) is 0 Å². The molecule has 118 valence electrons. The Balaban J connectivity index is 1.88. The van der Waals surface area contributed by atoms with Crippen LogP contribution in [0.2, 0.25) is 0 Å². The molecule has 0 saturated carbocycles. The van der Waals surface area contributed by atoms with Gasteiger partial charge in [-0.25, -0.2) is 4.68 Å². The predicted octanol–water partition coefficient (Wildman–Crippen LogP) is 3.15. The van der Waals surface area contributed by atoms with Gasteiger partial charge in [-0.15, -0.1) is 5.10 Å². The summed E-state index contributed by atoms with van der Waals surface area (Å²) >= 11 is 0. The van der Waals surface area contributed by atoms with Crippen LogP contribution in [-0.4, -0.2) is 25.1 Å². The van der Waals surface area contributed by atoms with Crippen molar-refractivity contribution in [2.75, 3.05) is 0 Å². The lowest BCUT2D eigenvalue weighted by atomic mass is 9.96. The molecule has 0 spiro atoms. The summed E-state index contributed by atoms with van der Waals surface area (Å²) in [4.78, 5) is 4.08. The summed E-state index contributed by atoms with van der Waals surface area (Å²) in [6.07, 6.45) is 2.69. The highest BCUT2D eigenvalue weighted by molar-refractivity contribution is 5.74. The van der Waals surface area contributed by atoms with Crippen molar-refractivity contribution in [3.63, 3.8) is 0 Å². The van der Waals surface area contributed by atoms with Gasteiger partial charge in [0, 0.05) is 12.4 Å². The van der Waals surface area contributed by atoms with E-state index in [1.807, 2.05) is 66.7 Å². The molecule has 0 amide bonds. The third-order valence-electron chi connectivity index (χ3n) is 4.13. The molecule has 2 heterocycles. The van der Waals surface area contributed by atoms with Gasteiger partial charge in [0.15, 0.2) is 0 Å². The summed E-state index contributed by atoms with van der Waals surface area (Å²) in [5, 5.41) is 19.6. The number of benzene rings is 2. The van der Waals surface area contributed by atoms with Crippen LogP contribution in [0.3, 0.4) is 0 Å². The van der Waals surface area contributed by atoms with E-state index < -0.39 is 6.10 Å². The first kappa shape index (κ1) is 14.5. The molecule has 5 nitrogen and oxygen atoms in total. The quantitative estimate of drug-likeness (QED) is 0.628. The van der Waals surface area contributed by atoms with Crippen LogP contribution >= 0.6 is 0 Å². The fourth-order valence-corrected chi connectivity index (χ4v) is 2.94. The lowest BCUT2D eigenvalue weighted by Crippen LogP contribution is -2.20. The Morgan fingerprint density at radius 1 is 0.792 bits per heavy atom. The molecule has 0 aliphatic heterocycles. The maximum Gasteiger partial charge on any atom is 0.113 e. The summed E-state index contributed by atoms with van der Waals surface area (Å²) < 4.78 is 1.78. The standard InChI is InChI=1S/C19H16N4O/c24-19(15-6-2-1-3-7-15)18(14-10-12-20-13-11-14)23-17-9-5-4-8-16(17)21-22-23/h1-13,18-19,24H. The van der Waals surface area contributed by atoms with Gasteiger partial charge in [0.1, 0.15) is 17.7 Å². The lowest BCUT2D eigenvalue weighted by molar-refractivity contribution is 0.126. The van der Waals surface area contributed by atoms with E-state index in [-0.39, 0.29) is 6.04 Å². The molecule has 0 aliphatic rings. The SMILES string of the molecule is OC(c1ccccc1)C(c1ccncc1)n1nnc2ccccc21. The predicted molar refractivity (Wildman–Crippen MR) is 91.3 cm³/mol. The van der Waals surface area contributed by atoms with Crippen LogP contribution in [0, 0.1) is 0 Å². The first-order valence-electron chi connectivity index (χ1n) is 7.77. The summed E-state index contributed by atoms with van der Waals surface area (Å²) in [5.41, 5.74) is 3.45. The molecule has 4 rings (SSSR count). The van der Waals surface area contributed by atoms with Gasteiger partial charge < -0.3 is 5.11 Å². The van der Waals surface area contributed by atoms with Gasteiger partial charge in [0.05, 0.1) is 5.52 Å². The van der Waals surface area contributed by atoms with Gasteiger partial charge in [-0.3, -0.25) is 4.98 Å². The highest BCUT2D eigenvalue weighted by Crippen LogP contribution is 2.33. The van der Waals surface area contributed by atoms with Crippen LogP contribution in [-0.2, 0) is 0 Å². The molecule has 1 N–H and O–H groups in total. The number of hydrogen-bond acceptors (Lipinski definition) is 4. The number of aliphatic hydroxyl groups excluding tert-OH is 1. The Morgan fingerprint density at radius 3 is 2.29 bits per heavy atom. The minimum Gasteiger partial charge on any atom is -0.386 e. The zero-order valence-electron chi connectivity index (χ0n) is 12.9. The smallest absolute Gasteiger partial charge is 0.113 e. The van der Waals surface area contributed by atoms with Gasteiger partial charge >= 0.3 is 0 Å². The van der Waals surface area contributed by atoms with Crippen molar-refractivity contribution < 1.29 is 5.11 Å². The fourth-order valence-electron chi connectivity index (χ4n) is 2.94. The van der Waals surface area contributed by atoms with Crippen LogP contribution in [0.25, 0.3) is 11.0 Å². The lowest BCUT2D eigenvalue weighted by Gasteiger charge is -2.24. The Hall–Kier alpha value is -3.05. The number of fused-ring (bicyclic) bond motifs is 1. The number of para-hydroxylation sites is 1. The number of hydrogen-bond donors (Lipinski definition) is 1. The largest absolute Gasteiger partial charge is 0.386 e. The summed E-state index contributed by atoms with van der Waals surface area (Å²) in [6.45, 7) is 0. The van der Waals surface area contributed by atoms with Crippen LogP contribution in [0.1, 0.15) is 23.3 Å². The molecule has 2 atom stereocenters. The van der Waals surface area contributed by atoms with E-state index in [0.29, 0.717) is 0 Å². The van der Waals surface area contributed by atoms with Crippen molar-refractivity contribution in [3.05, 3.63) is 90.3 Å². The molecule has 0 aliphatic carbocycles. The second-order valence-corrected chi connectivity index (χ2v) is 5.60. The van der Waals surface area contributed by atoms with Gasteiger partial charge in [0.25, 0.3) is 0 Å². The number of rotatable bonds is 4. The zero-order valence-corrected chi connectivity index (χ0v) is 12.9. The second kappa shape index (κ2) is 6.22. The maximum atomic E-state index is 11.1. The van der Waals surface area contributed by atoms with E-state index in [1.165, 1.54) is 0 Å². The first-order chi connectivity index (χ1) is 11.8. The van der Waals surface area contributed by atoms with Crippen molar-refractivity contribution >= 4 is 11.0 Å². The Kier molecular flexibility index (Phi) is 3.76. The van der Waals surface area contributed by atoms with Gasteiger partial charge in [-0.05, 0) is 35.4 Å². The second-order valence-electron chi connectivity index (χ2n) is 5.60. The van der Waals surface area contributed by atoms with E-state index in [1.54, 1.807) is 17.1 Å². The molecule has 0 saturated heterocycles. The van der Waals surface area contributed by atoms with Crippen molar-refractivity contribution in [2.24, 2.45) is 0 Å². The van der Waals surface area contributed by atoms with Gasteiger partial charge in [-0.2, -0.15) is 0 Å². The molecular weight excluding hydrogens is 300 g/mol. The maximum absolute atomic E-state index is 11.1. The van der Waals surface area contributed by atoms with Crippen molar-refractivity contribution in [1.82, 2.24) is 20.0 Å². The normalized spacial score (nSPS) is 13.7. The molecule has 24 heavy (non-hydrogen) atoms. The third-order valence-corrected chi connectivity index (χ3v) is 4.13. The van der Waals surface area contributed by atoms with Gasteiger partial charge in [-0.1, -0.05) is 47.7 Å². The van der Waals surface area contributed by atoms with E-state index in [4.69, 9.17) is 0 Å². The van der Waals surface area contributed by atoms with E-state index in [9.17, 15) is 5.11 Å². The molecule has 2 aromatic carbocycles. The Morgan fingerprint density at radius 2 is 1.50 bits per heavy atom. The summed E-state index contributed by atoms with van der Waals surface area (Å²) in [6, 6.07) is 20.8. The number of nitrogens with zero attached hydrogens (tertiary/aromatic N) is 4. The van der Waals surface area contributed by atoms with Crippen LogP contribution in [0.15, 0.2) is 79.1 Å². The molecule has 4 aromatic rings. The number of aliphatic hydroxyl groups is 1. The van der Waals surface area contributed by atoms with E-state index in [0.717, 1.165) is 22.2 Å². The molecule has 0 radical (unpaired) electrons. The molecular formula is C19H16N4O.